The predicted octanol–water partition coefficient (Wildman–Crippen LogP) is 5.37. The van der Waals surface area contributed by atoms with E-state index < -0.39 is 16.0 Å². The SMILES string of the molecule is CCCOc1ccc(C(=O)N/N=C/c2ccc(OS(=O)(=O)c3ccc(C)cc3)c(Cl)c2)cc1OCC. The molecule has 0 atom stereocenters. The monoisotopic (exact) mass is 530 g/mol. The smallest absolute Gasteiger partial charge is 0.339 e. The molecule has 3 aromatic rings. The van der Waals surface area contributed by atoms with Gasteiger partial charge in [-0.1, -0.05) is 36.2 Å². The van der Waals surface area contributed by atoms with E-state index in [0.717, 1.165) is 12.0 Å². The Morgan fingerprint density at radius 3 is 2.36 bits per heavy atom. The van der Waals surface area contributed by atoms with E-state index in [1.165, 1.54) is 30.5 Å². The Balaban J connectivity index is 1.66. The number of benzene rings is 3. The number of carbonyl (C=O) groups is 1. The summed E-state index contributed by atoms with van der Waals surface area (Å²) in [6.45, 7) is 6.67. The van der Waals surface area contributed by atoms with Crippen LogP contribution in [-0.4, -0.2) is 33.8 Å². The molecule has 0 saturated heterocycles. The molecule has 0 fully saturated rings. The van der Waals surface area contributed by atoms with Crippen LogP contribution in [0.4, 0.5) is 0 Å². The second-order valence-corrected chi connectivity index (χ2v) is 9.64. The molecule has 0 aliphatic heterocycles. The zero-order valence-electron chi connectivity index (χ0n) is 20.2. The molecule has 1 amide bonds. The maximum absolute atomic E-state index is 12.5. The number of halogens is 1. The lowest BCUT2D eigenvalue weighted by molar-refractivity contribution is 0.0954. The quantitative estimate of drug-likeness (QED) is 0.203. The number of nitrogens with zero attached hydrogens (tertiary/aromatic N) is 1. The van der Waals surface area contributed by atoms with Gasteiger partial charge in [0.25, 0.3) is 5.91 Å². The molecule has 0 radical (unpaired) electrons. The van der Waals surface area contributed by atoms with Crippen molar-refractivity contribution in [1.82, 2.24) is 5.43 Å². The molecule has 10 heteroatoms. The Labute approximate surface area is 216 Å². The van der Waals surface area contributed by atoms with Gasteiger partial charge >= 0.3 is 10.1 Å². The first-order valence-electron chi connectivity index (χ1n) is 11.3. The Kier molecular flexibility index (Phi) is 9.32. The Morgan fingerprint density at radius 1 is 0.972 bits per heavy atom. The minimum atomic E-state index is -4.03. The van der Waals surface area contributed by atoms with Gasteiger partial charge in [0.1, 0.15) is 4.90 Å². The highest BCUT2D eigenvalue weighted by Crippen LogP contribution is 2.29. The van der Waals surface area contributed by atoms with Crippen LogP contribution in [0.15, 0.2) is 70.7 Å². The van der Waals surface area contributed by atoms with Gasteiger partial charge in [0, 0.05) is 5.56 Å². The third-order valence-corrected chi connectivity index (χ3v) is 6.36. The Bertz CT molecular complexity index is 1340. The lowest BCUT2D eigenvalue weighted by Crippen LogP contribution is -2.17. The van der Waals surface area contributed by atoms with Crippen molar-refractivity contribution in [3.63, 3.8) is 0 Å². The van der Waals surface area contributed by atoms with E-state index in [1.807, 2.05) is 20.8 Å². The molecular weight excluding hydrogens is 504 g/mol. The second kappa shape index (κ2) is 12.4. The van der Waals surface area contributed by atoms with E-state index in [-0.39, 0.29) is 15.7 Å². The first-order valence-corrected chi connectivity index (χ1v) is 13.1. The normalized spacial score (nSPS) is 11.3. The van der Waals surface area contributed by atoms with Gasteiger partial charge in [0.15, 0.2) is 17.2 Å². The van der Waals surface area contributed by atoms with Gasteiger partial charge in [0.05, 0.1) is 24.5 Å². The molecule has 0 heterocycles. The van der Waals surface area contributed by atoms with Crippen LogP contribution in [0.25, 0.3) is 0 Å². The molecule has 0 bridgehead atoms. The van der Waals surface area contributed by atoms with Gasteiger partial charge < -0.3 is 13.7 Å². The van der Waals surface area contributed by atoms with Crippen LogP contribution in [0.2, 0.25) is 5.02 Å². The highest BCUT2D eigenvalue weighted by Gasteiger charge is 2.18. The number of hydrogen-bond acceptors (Lipinski definition) is 7. The third-order valence-electron chi connectivity index (χ3n) is 4.81. The van der Waals surface area contributed by atoms with E-state index in [9.17, 15) is 13.2 Å². The largest absolute Gasteiger partial charge is 0.490 e. The molecule has 8 nitrogen and oxygen atoms in total. The summed E-state index contributed by atoms with van der Waals surface area (Å²) in [6, 6.07) is 15.6. The average molecular weight is 531 g/mol. The van der Waals surface area contributed by atoms with E-state index in [4.69, 9.17) is 25.3 Å². The number of rotatable bonds is 11. The van der Waals surface area contributed by atoms with Gasteiger partial charge in [-0.05, 0) is 74.4 Å². The molecule has 0 aliphatic carbocycles. The number of hydrogen-bond donors (Lipinski definition) is 1. The second-order valence-electron chi connectivity index (χ2n) is 7.68. The molecule has 0 saturated carbocycles. The number of amides is 1. The summed E-state index contributed by atoms with van der Waals surface area (Å²) in [5, 5.41) is 4.03. The highest BCUT2D eigenvalue weighted by molar-refractivity contribution is 7.87. The third kappa shape index (κ3) is 7.22. The maximum atomic E-state index is 12.5. The molecule has 36 heavy (non-hydrogen) atoms. The van der Waals surface area contributed by atoms with Crippen LogP contribution < -0.4 is 19.1 Å². The zero-order chi connectivity index (χ0) is 26.1. The molecule has 0 spiro atoms. The van der Waals surface area contributed by atoms with Crippen molar-refractivity contribution in [3.05, 3.63) is 82.4 Å². The zero-order valence-corrected chi connectivity index (χ0v) is 21.7. The fourth-order valence-electron chi connectivity index (χ4n) is 3.02. The van der Waals surface area contributed by atoms with Crippen molar-refractivity contribution in [2.24, 2.45) is 5.10 Å². The van der Waals surface area contributed by atoms with E-state index >= 15 is 0 Å². The van der Waals surface area contributed by atoms with E-state index in [2.05, 4.69) is 10.5 Å². The van der Waals surface area contributed by atoms with Gasteiger partial charge in [-0.2, -0.15) is 13.5 Å². The molecule has 0 unspecified atom stereocenters. The minimum absolute atomic E-state index is 0.0211. The average Bonchev–Trinajstić information content (AvgIpc) is 2.85. The molecule has 3 aromatic carbocycles. The van der Waals surface area contributed by atoms with Gasteiger partial charge in [0.2, 0.25) is 0 Å². The topological polar surface area (TPSA) is 103 Å². The van der Waals surface area contributed by atoms with Crippen LogP contribution >= 0.6 is 11.6 Å². The standard InChI is InChI=1S/C26H27ClN2O6S/c1-4-14-34-24-13-9-20(16-25(24)33-5-2)26(30)29-28-17-19-8-12-23(22(27)15-19)35-36(31,32)21-10-6-18(3)7-11-21/h6-13,15-17H,4-5,14H2,1-3H3,(H,29,30)/b28-17+. The summed E-state index contributed by atoms with van der Waals surface area (Å²) in [6.07, 6.45) is 2.23. The summed E-state index contributed by atoms with van der Waals surface area (Å²) in [5.41, 5.74) is 4.24. The number of aryl methyl sites for hydroxylation is 1. The van der Waals surface area contributed by atoms with Gasteiger partial charge in [-0.25, -0.2) is 5.43 Å². The van der Waals surface area contributed by atoms with Crippen molar-refractivity contribution in [3.8, 4) is 17.2 Å². The summed E-state index contributed by atoms with van der Waals surface area (Å²) in [5.74, 6) is 0.586. The number of ether oxygens (including phenoxy) is 2. The van der Waals surface area contributed by atoms with Crippen LogP contribution in [0.3, 0.4) is 0 Å². The van der Waals surface area contributed by atoms with Crippen molar-refractivity contribution in [2.75, 3.05) is 13.2 Å². The number of nitrogens with one attached hydrogen (secondary N) is 1. The molecule has 3 rings (SSSR count). The number of hydrazone groups is 1. The molecule has 1 N–H and O–H groups in total. The van der Waals surface area contributed by atoms with E-state index in [0.29, 0.717) is 35.8 Å². The van der Waals surface area contributed by atoms with Crippen molar-refractivity contribution >= 4 is 33.8 Å². The van der Waals surface area contributed by atoms with Gasteiger partial charge in [-0.3, -0.25) is 4.79 Å². The van der Waals surface area contributed by atoms with Crippen LogP contribution in [-0.2, 0) is 10.1 Å². The molecule has 190 valence electrons. The Morgan fingerprint density at radius 2 is 1.69 bits per heavy atom. The fourth-order valence-corrected chi connectivity index (χ4v) is 4.24. The van der Waals surface area contributed by atoms with Crippen molar-refractivity contribution in [1.29, 1.82) is 0 Å². The first-order chi connectivity index (χ1) is 17.2. The summed E-state index contributed by atoms with van der Waals surface area (Å²) in [7, 11) is -4.03. The van der Waals surface area contributed by atoms with Crippen LogP contribution in [0.1, 0.15) is 41.8 Å². The lowest BCUT2D eigenvalue weighted by atomic mass is 10.2. The minimum Gasteiger partial charge on any atom is -0.490 e. The first kappa shape index (κ1) is 27.0. The summed E-state index contributed by atoms with van der Waals surface area (Å²) >= 11 is 6.22. The van der Waals surface area contributed by atoms with Crippen LogP contribution in [0, 0.1) is 6.92 Å². The predicted molar refractivity (Wildman–Crippen MR) is 139 cm³/mol. The van der Waals surface area contributed by atoms with Gasteiger partial charge in [-0.15, -0.1) is 0 Å². The number of carbonyl (C=O) groups excluding carboxylic acids is 1. The lowest BCUT2D eigenvalue weighted by Gasteiger charge is -2.12. The summed E-state index contributed by atoms with van der Waals surface area (Å²) in [4.78, 5) is 12.5. The highest BCUT2D eigenvalue weighted by atomic mass is 35.5. The fraction of sp³-hybridized carbons (Fsp3) is 0.231. The van der Waals surface area contributed by atoms with E-state index in [1.54, 1.807) is 36.4 Å². The molecule has 0 aliphatic rings. The van der Waals surface area contributed by atoms with Crippen molar-refractivity contribution < 1.29 is 26.9 Å². The Hall–Kier alpha value is -3.56. The summed E-state index contributed by atoms with van der Waals surface area (Å²) < 4.78 is 41.4. The van der Waals surface area contributed by atoms with Crippen molar-refractivity contribution in [2.45, 2.75) is 32.1 Å². The van der Waals surface area contributed by atoms with Crippen LogP contribution in [0.5, 0.6) is 17.2 Å². The maximum Gasteiger partial charge on any atom is 0.339 e. The molecule has 0 aromatic heterocycles. The molecular formula is C26H27ClN2O6S.